The van der Waals surface area contributed by atoms with E-state index in [-0.39, 0.29) is 23.8 Å². The number of β-amino-alcohol motifs (C(OH)–C–C–N with tert-alkyl or cyclic N) is 1. The number of benzene rings is 2. The second kappa shape index (κ2) is 15.0. The standard InChI is InChI=1S/C37H54N3O8P/c1-37(2,3)38-22-32(41)29-13-14-33(46-25-47-49(43,44)45)30(21-29)23-40-19-16-27(17-20-40)34(24-40)48-36(42)39-18-15-26-9-7-8-12-31(26)35(39)28-10-5-4-6-11-28/h7-9,12-14,21,27-28,32,34-35,38,41H,4-6,10-11,15-20,22-25H2,1-3H3,(H-,43,44,45)/p+1/t27?,32?,34-,35-,40?/m0/s1. The van der Waals surface area contributed by atoms with Crippen LogP contribution in [0.3, 0.4) is 0 Å². The highest BCUT2D eigenvalue weighted by Crippen LogP contribution is 2.44. The maximum Gasteiger partial charge on any atom is 0.472 e. The average Bonchev–Trinajstić information content (AvgIpc) is 3.07. The van der Waals surface area contributed by atoms with Crippen molar-refractivity contribution in [2.45, 2.75) is 102 Å². The number of nitrogens with zero attached hydrogens (tertiary/aromatic N) is 2. The van der Waals surface area contributed by atoms with Gasteiger partial charge in [0.15, 0.2) is 12.9 Å². The molecule has 4 aliphatic heterocycles. The van der Waals surface area contributed by atoms with Crippen molar-refractivity contribution in [2.75, 3.05) is 39.5 Å². The molecule has 0 aromatic heterocycles. The molecule has 2 aromatic carbocycles. The molecule has 270 valence electrons. The number of hydrogen-bond donors (Lipinski definition) is 4. The van der Waals surface area contributed by atoms with Crippen molar-refractivity contribution in [3.63, 3.8) is 0 Å². The molecule has 1 aliphatic carbocycles. The molecule has 0 radical (unpaired) electrons. The monoisotopic (exact) mass is 700 g/mol. The third-order valence-corrected chi connectivity index (χ3v) is 11.6. The maximum atomic E-state index is 14.1. The number of quaternary nitrogens is 1. The fraction of sp³-hybridized carbons (Fsp3) is 0.649. The zero-order valence-electron chi connectivity index (χ0n) is 29.3. The van der Waals surface area contributed by atoms with E-state index in [1.165, 1.54) is 30.4 Å². The molecule has 11 nitrogen and oxygen atoms in total. The summed E-state index contributed by atoms with van der Waals surface area (Å²) in [5, 5.41) is 14.4. The minimum atomic E-state index is -4.71. The van der Waals surface area contributed by atoms with E-state index in [0.717, 1.165) is 56.3 Å². The Hall–Kier alpha value is -2.50. The van der Waals surface area contributed by atoms with E-state index in [2.05, 4.69) is 34.1 Å². The number of phosphoric acid groups is 1. The Kier molecular flexibility index (Phi) is 11.1. The van der Waals surface area contributed by atoms with Crippen LogP contribution in [0.1, 0.15) is 100 Å². The lowest BCUT2D eigenvalue weighted by Gasteiger charge is -2.52. The van der Waals surface area contributed by atoms with Gasteiger partial charge in [-0.3, -0.25) is 0 Å². The highest BCUT2D eigenvalue weighted by Gasteiger charge is 2.49. The largest absolute Gasteiger partial charge is 0.472 e. The fourth-order valence-corrected chi connectivity index (χ4v) is 8.84. The normalized spacial score (nSPS) is 26.7. The molecule has 7 rings (SSSR count). The Morgan fingerprint density at radius 2 is 1.78 bits per heavy atom. The third kappa shape index (κ3) is 9.06. The molecular weight excluding hydrogens is 645 g/mol. The topological polar surface area (TPSA) is 138 Å². The average molecular weight is 701 g/mol. The third-order valence-electron chi connectivity index (χ3n) is 11.2. The van der Waals surface area contributed by atoms with Crippen LogP contribution in [-0.2, 0) is 26.8 Å². The highest BCUT2D eigenvalue weighted by molar-refractivity contribution is 7.46. The molecule has 1 saturated carbocycles. The highest BCUT2D eigenvalue weighted by atomic mass is 31.2. The predicted octanol–water partition coefficient (Wildman–Crippen LogP) is 5.98. The SMILES string of the molecule is CC(C)(C)NCC(O)c1ccc(OCOP(=O)(O)O)c(C[N+]23CCC(CC2)[C@@H](OC(=O)N2CCc4ccccc4[C@@H]2C2CCCCC2)C3)c1. The number of fused-ring (bicyclic) bond motifs is 4. The van der Waals surface area contributed by atoms with Gasteiger partial charge in [0.1, 0.15) is 18.8 Å². The molecule has 1 amide bonds. The number of hydrogen-bond acceptors (Lipinski definition) is 7. The van der Waals surface area contributed by atoms with Gasteiger partial charge in [-0.05, 0) is 74.8 Å². The fourth-order valence-electron chi connectivity index (χ4n) is 8.65. The van der Waals surface area contributed by atoms with E-state index in [4.69, 9.17) is 9.47 Å². The van der Waals surface area contributed by atoms with Crippen molar-refractivity contribution in [3.05, 3.63) is 64.7 Å². The summed E-state index contributed by atoms with van der Waals surface area (Å²) in [7, 11) is -4.71. The van der Waals surface area contributed by atoms with Crippen LogP contribution in [-0.4, -0.2) is 81.5 Å². The van der Waals surface area contributed by atoms with E-state index < -0.39 is 20.7 Å². The lowest BCUT2D eigenvalue weighted by Crippen LogP contribution is -2.64. The number of nitrogens with one attached hydrogen (secondary N) is 1. The second-order valence-electron chi connectivity index (χ2n) is 15.8. The van der Waals surface area contributed by atoms with Gasteiger partial charge in [-0.25, -0.2) is 13.9 Å². The quantitative estimate of drug-likeness (QED) is 0.127. The molecule has 0 spiro atoms. The molecule has 1 unspecified atom stereocenters. The van der Waals surface area contributed by atoms with Gasteiger partial charge in [0.05, 0.1) is 25.2 Å². The summed E-state index contributed by atoms with van der Waals surface area (Å²) in [4.78, 5) is 34.6. The van der Waals surface area contributed by atoms with Crippen LogP contribution < -0.4 is 10.1 Å². The summed E-state index contributed by atoms with van der Waals surface area (Å²) in [6.45, 7) is 9.68. The maximum absolute atomic E-state index is 14.1. The molecule has 4 heterocycles. The van der Waals surface area contributed by atoms with Crippen LogP contribution in [0.5, 0.6) is 5.75 Å². The van der Waals surface area contributed by atoms with Gasteiger partial charge >= 0.3 is 13.9 Å². The van der Waals surface area contributed by atoms with Gasteiger partial charge in [0.2, 0.25) is 0 Å². The summed E-state index contributed by atoms with van der Waals surface area (Å²) in [6, 6.07) is 14.1. The zero-order valence-corrected chi connectivity index (χ0v) is 30.2. The Morgan fingerprint density at radius 1 is 1.04 bits per heavy atom. The van der Waals surface area contributed by atoms with Crippen LogP contribution in [0, 0.1) is 11.8 Å². The summed E-state index contributed by atoms with van der Waals surface area (Å²) in [6.07, 6.45) is 7.53. The second-order valence-corrected chi connectivity index (χ2v) is 17.0. The van der Waals surface area contributed by atoms with Crippen molar-refractivity contribution in [2.24, 2.45) is 11.8 Å². The van der Waals surface area contributed by atoms with Crippen LogP contribution in [0.15, 0.2) is 42.5 Å². The first kappa shape index (κ1) is 36.3. The Labute approximate surface area is 290 Å². The minimum Gasteiger partial charge on any atom is -0.466 e. The number of aliphatic hydroxyl groups is 1. The minimum absolute atomic E-state index is 0.0546. The lowest BCUT2D eigenvalue weighted by atomic mass is 9.77. The number of carbonyl (C=O) groups excluding carboxylic acids is 1. The Morgan fingerprint density at radius 3 is 2.49 bits per heavy atom. The van der Waals surface area contributed by atoms with Gasteiger partial charge in [0.25, 0.3) is 0 Å². The van der Waals surface area contributed by atoms with Crippen molar-refractivity contribution < 1.29 is 42.7 Å². The van der Waals surface area contributed by atoms with Gasteiger partial charge in [-0.2, -0.15) is 0 Å². The first-order chi connectivity index (χ1) is 23.3. The van der Waals surface area contributed by atoms with Gasteiger partial charge < -0.3 is 39.1 Å². The van der Waals surface area contributed by atoms with Crippen molar-refractivity contribution >= 4 is 13.9 Å². The predicted molar refractivity (Wildman–Crippen MR) is 186 cm³/mol. The molecule has 3 atom stereocenters. The molecule has 4 fully saturated rings. The molecule has 5 aliphatic rings. The number of carbonyl (C=O) groups is 1. The van der Waals surface area contributed by atoms with Crippen LogP contribution in [0.2, 0.25) is 0 Å². The number of aliphatic hydroxyl groups excluding tert-OH is 1. The number of rotatable bonds is 11. The van der Waals surface area contributed by atoms with Crippen molar-refractivity contribution in [1.29, 1.82) is 0 Å². The first-order valence-corrected chi connectivity index (χ1v) is 19.6. The van der Waals surface area contributed by atoms with E-state index in [1.54, 1.807) is 12.1 Å². The summed E-state index contributed by atoms with van der Waals surface area (Å²) in [5.41, 5.74) is 4.01. The molecule has 4 N–H and O–H groups in total. The molecule has 49 heavy (non-hydrogen) atoms. The molecular formula is C37H55N3O8P+. The smallest absolute Gasteiger partial charge is 0.466 e. The number of phosphoric ester groups is 1. The van der Waals surface area contributed by atoms with E-state index >= 15 is 0 Å². The number of piperidine rings is 3. The molecule has 2 aromatic rings. The molecule has 2 bridgehead atoms. The summed E-state index contributed by atoms with van der Waals surface area (Å²) < 4.78 is 28.9. The van der Waals surface area contributed by atoms with Crippen LogP contribution in [0.4, 0.5) is 4.79 Å². The summed E-state index contributed by atoms with van der Waals surface area (Å²) in [5.74, 6) is 1.21. The van der Waals surface area contributed by atoms with Gasteiger partial charge in [-0.15, -0.1) is 0 Å². The summed E-state index contributed by atoms with van der Waals surface area (Å²) >= 11 is 0. The van der Waals surface area contributed by atoms with Crippen molar-refractivity contribution in [1.82, 2.24) is 10.2 Å². The van der Waals surface area contributed by atoms with Crippen LogP contribution in [0.25, 0.3) is 0 Å². The Balaban J connectivity index is 1.19. The lowest BCUT2D eigenvalue weighted by molar-refractivity contribution is -0.958. The number of amides is 1. The van der Waals surface area contributed by atoms with E-state index in [9.17, 15) is 24.3 Å². The number of ether oxygens (including phenoxy) is 2. The van der Waals surface area contributed by atoms with E-state index in [0.29, 0.717) is 48.2 Å². The molecule has 3 saturated heterocycles. The first-order valence-electron chi connectivity index (χ1n) is 18.1. The van der Waals surface area contributed by atoms with Crippen molar-refractivity contribution in [3.8, 4) is 5.75 Å². The zero-order chi connectivity index (χ0) is 34.8. The Bertz CT molecular complexity index is 1490. The molecule has 12 heteroatoms. The van der Waals surface area contributed by atoms with Gasteiger partial charge in [-0.1, -0.05) is 49.6 Å². The van der Waals surface area contributed by atoms with Gasteiger partial charge in [0, 0.05) is 43.0 Å². The van der Waals surface area contributed by atoms with Crippen LogP contribution >= 0.6 is 7.82 Å². The van der Waals surface area contributed by atoms with E-state index in [1.807, 2.05) is 31.7 Å².